The summed E-state index contributed by atoms with van der Waals surface area (Å²) in [5, 5.41) is 14.1. The van der Waals surface area contributed by atoms with Gasteiger partial charge in [0.2, 0.25) is 0 Å². The number of aromatic amines is 1. The molecule has 1 aliphatic rings. The van der Waals surface area contributed by atoms with Crippen LogP contribution in [-0.2, 0) is 0 Å². The zero-order valence-corrected chi connectivity index (χ0v) is 5.33. The Hall–Kier alpha value is -1.85. The third-order valence-electron chi connectivity index (χ3n) is 1.31. The highest BCUT2D eigenvalue weighted by Gasteiger charge is 2.18. The van der Waals surface area contributed by atoms with E-state index < -0.39 is 0 Å². The van der Waals surface area contributed by atoms with E-state index in [0.717, 1.165) is 0 Å². The van der Waals surface area contributed by atoms with E-state index in [4.69, 9.17) is 5.41 Å². The van der Waals surface area contributed by atoms with Gasteiger partial charge in [0, 0.05) is 0 Å². The fourth-order valence-electron chi connectivity index (χ4n) is 0.827. The summed E-state index contributed by atoms with van der Waals surface area (Å²) in [7, 11) is 0. The maximum Gasteiger partial charge on any atom is 0.264 e. The number of rotatable bonds is 0. The lowest BCUT2D eigenvalue weighted by Gasteiger charge is -1.88. The molecule has 2 N–H and O–H groups in total. The predicted octanol–water partition coefficient (Wildman–Crippen LogP) is 0.193. The molecule has 11 heavy (non-hydrogen) atoms. The highest BCUT2D eigenvalue weighted by molar-refractivity contribution is 6.02. The molecule has 0 unspecified atom stereocenters. The van der Waals surface area contributed by atoms with Gasteiger partial charge in [0.05, 0.1) is 6.33 Å². The van der Waals surface area contributed by atoms with Crippen LogP contribution < -0.4 is 5.56 Å². The van der Waals surface area contributed by atoms with Gasteiger partial charge in [-0.2, -0.15) is 0 Å². The summed E-state index contributed by atoms with van der Waals surface area (Å²) in [6.07, 6.45) is 1.23. The Morgan fingerprint density at radius 1 is 1.45 bits per heavy atom. The second-order valence-corrected chi connectivity index (χ2v) is 1.98. The van der Waals surface area contributed by atoms with Crippen molar-refractivity contribution >= 4 is 11.7 Å². The highest BCUT2D eigenvalue weighted by atomic mass is 16.1. The molecule has 2 heterocycles. The van der Waals surface area contributed by atoms with Crippen molar-refractivity contribution < 1.29 is 0 Å². The van der Waals surface area contributed by atoms with Crippen LogP contribution in [0.2, 0.25) is 0 Å². The smallest absolute Gasteiger partial charge is 0.264 e. The molecule has 0 aromatic carbocycles. The number of nitrogens with one attached hydrogen (secondary N) is 2. The minimum atomic E-state index is -0.370. The first-order valence-electron chi connectivity index (χ1n) is 2.87. The van der Waals surface area contributed by atoms with Gasteiger partial charge >= 0.3 is 0 Å². The molecule has 1 aromatic heterocycles. The molecule has 1 aliphatic heterocycles. The maximum atomic E-state index is 11.0. The van der Waals surface area contributed by atoms with Crippen LogP contribution in [0.25, 0.3) is 0 Å². The normalized spacial score (nSPS) is 13.6. The largest absolute Gasteiger partial charge is 0.312 e. The van der Waals surface area contributed by atoms with Gasteiger partial charge in [0.15, 0.2) is 11.7 Å². The number of aromatic nitrogens is 2. The van der Waals surface area contributed by atoms with E-state index >= 15 is 0 Å². The van der Waals surface area contributed by atoms with Gasteiger partial charge in [-0.1, -0.05) is 0 Å². The molecule has 0 spiro atoms. The van der Waals surface area contributed by atoms with Gasteiger partial charge in [0.1, 0.15) is 5.56 Å². The predicted molar refractivity (Wildman–Crippen MR) is 36.2 cm³/mol. The topological polar surface area (TPSA) is 94.3 Å². The average Bonchev–Trinajstić information content (AvgIpc) is 2.34. The van der Waals surface area contributed by atoms with Gasteiger partial charge < -0.3 is 4.98 Å². The Kier molecular flexibility index (Phi) is 0.974. The van der Waals surface area contributed by atoms with Crippen molar-refractivity contribution in [2.75, 3.05) is 0 Å². The fraction of sp³-hybridized carbons (Fsp3) is 0. The summed E-state index contributed by atoms with van der Waals surface area (Å²) in [6.45, 7) is 0. The van der Waals surface area contributed by atoms with Gasteiger partial charge in [-0.3, -0.25) is 10.2 Å². The number of hydrogen-bond acceptors (Lipinski definition) is 4. The second kappa shape index (κ2) is 1.82. The molecule has 6 heteroatoms. The van der Waals surface area contributed by atoms with Crippen LogP contribution in [0.1, 0.15) is 5.56 Å². The Labute approximate surface area is 60.5 Å². The molecule has 0 saturated heterocycles. The first kappa shape index (κ1) is 5.90. The van der Waals surface area contributed by atoms with Crippen molar-refractivity contribution in [2.24, 2.45) is 10.2 Å². The molecule has 1 aromatic rings. The molecular weight excluding hydrogens is 146 g/mol. The van der Waals surface area contributed by atoms with Gasteiger partial charge in [-0.25, -0.2) is 4.98 Å². The lowest BCUT2D eigenvalue weighted by Crippen LogP contribution is -2.14. The minimum absolute atomic E-state index is 0.130. The van der Waals surface area contributed by atoms with Gasteiger partial charge in [0.25, 0.3) is 5.56 Å². The third-order valence-corrected chi connectivity index (χ3v) is 1.31. The van der Waals surface area contributed by atoms with Crippen molar-refractivity contribution in [2.45, 2.75) is 0 Å². The molecule has 6 nitrogen and oxygen atoms in total. The van der Waals surface area contributed by atoms with E-state index in [0.29, 0.717) is 0 Å². The van der Waals surface area contributed by atoms with Gasteiger partial charge in [-0.05, 0) is 0 Å². The van der Waals surface area contributed by atoms with Crippen LogP contribution in [0.5, 0.6) is 0 Å². The minimum Gasteiger partial charge on any atom is -0.312 e. The zero-order valence-electron chi connectivity index (χ0n) is 5.33. The van der Waals surface area contributed by atoms with Crippen LogP contribution in [0, 0.1) is 5.41 Å². The number of azo groups is 1. The summed E-state index contributed by atoms with van der Waals surface area (Å²) >= 11 is 0. The fourth-order valence-corrected chi connectivity index (χ4v) is 0.827. The molecular formula is C5H3N5O. The highest BCUT2D eigenvalue weighted by Crippen LogP contribution is 2.18. The average molecular weight is 149 g/mol. The van der Waals surface area contributed by atoms with E-state index in [1.165, 1.54) is 6.33 Å². The summed E-state index contributed by atoms with van der Waals surface area (Å²) in [6, 6.07) is 0. The zero-order chi connectivity index (χ0) is 7.84. The van der Waals surface area contributed by atoms with Crippen molar-refractivity contribution in [3.8, 4) is 0 Å². The Morgan fingerprint density at radius 2 is 2.27 bits per heavy atom. The van der Waals surface area contributed by atoms with Crippen molar-refractivity contribution in [3.05, 3.63) is 22.2 Å². The summed E-state index contributed by atoms with van der Waals surface area (Å²) in [5.41, 5.74) is -0.225. The molecule has 2 rings (SSSR count). The molecule has 0 radical (unpaired) electrons. The van der Waals surface area contributed by atoms with E-state index in [1.807, 2.05) is 0 Å². The van der Waals surface area contributed by atoms with Crippen molar-refractivity contribution in [1.82, 2.24) is 9.97 Å². The van der Waals surface area contributed by atoms with Crippen LogP contribution in [0.3, 0.4) is 0 Å². The van der Waals surface area contributed by atoms with Crippen LogP contribution in [0.15, 0.2) is 21.4 Å². The Bertz CT molecular complexity index is 404. The van der Waals surface area contributed by atoms with E-state index in [9.17, 15) is 4.79 Å². The Balaban J connectivity index is 2.85. The molecule has 0 bridgehead atoms. The molecule has 0 aliphatic carbocycles. The van der Waals surface area contributed by atoms with E-state index in [1.54, 1.807) is 0 Å². The quantitative estimate of drug-likeness (QED) is 0.550. The first-order chi connectivity index (χ1) is 5.29. The van der Waals surface area contributed by atoms with Crippen LogP contribution >= 0.6 is 0 Å². The number of fused-ring (bicyclic) bond motifs is 1. The monoisotopic (exact) mass is 149 g/mol. The molecule has 0 saturated carbocycles. The first-order valence-corrected chi connectivity index (χ1v) is 2.87. The number of H-pyrrole nitrogens is 1. The number of amidine groups is 1. The molecule has 0 atom stereocenters. The summed E-state index contributed by atoms with van der Waals surface area (Å²) in [5.74, 6) is 0.0908. The number of nitrogens with zero attached hydrogens (tertiary/aromatic N) is 3. The van der Waals surface area contributed by atoms with Crippen molar-refractivity contribution in [3.63, 3.8) is 0 Å². The van der Waals surface area contributed by atoms with Crippen molar-refractivity contribution in [1.29, 1.82) is 5.41 Å². The van der Waals surface area contributed by atoms with Crippen LogP contribution in [-0.4, -0.2) is 15.8 Å². The summed E-state index contributed by atoms with van der Waals surface area (Å²) < 4.78 is 0. The van der Waals surface area contributed by atoms with E-state index in [-0.39, 0.29) is 22.8 Å². The van der Waals surface area contributed by atoms with Crippen LogP contribution in [0.4, 0.5) is 5.82 Å². The SMILES string of the molecule is N=C1N=Nc2nc[nH]c(=O)c21. The lowest BCUT2D eigenvalue weighted by molar-refractivity contribution is 1.10. The lowest BCUT2D eigenvalue weighted by atomic mass is 10.3. The van der Waals surface area contributed by atoms with E-state index in [2.05, 4.69) is 20.2 Å². The maximum absolute atomic E-state index is 11.0. The second-order valence-electron chi connectivity index (χ2n) is 1.98. The Morgan fingerprint density at radius 3 is 3.00 bits per heavy atom. The number of hydrogen-bond donors (Lipinski definition) is 2. The molecule has 54 valence electrons. The van der Waals surface area contributed by atoms with Gasteiger partial charge in [-0.15, -0.1) is 10.2 Å². The summed E-state index contributed by atoms with van der Waals surface area (Å²) in [4.78, 5) is 17.0. The molecule has 0 amide bonds. The molecule has 0 fully saturated rings. The third kappa shape index (κ3) is 0.689. The standard InChI is InChI=1S/C5H3N5O/c6-3-2-4(10-9-3)7-1-8-5(2)11/h1,6H,(H,7,8,11).